The van der Waals surface area contributed by atoms with E-state index in [0.29, 0.717) is 46.5 Å². The number of fused-ring (bicyclic) bond motifs is 2. The van der Waals surface area contributed by atoms with Crippen LogP contribution < -0.4 is 15.0 Å². The Morgan fingerprint density at radius 3 is 2.52 bits per heavy atom. The van der Waals surface area contributed by atoms with Crippen molar-refractivity contribution in [3.05, 3.63) is 130 Å². The van der Waals surface area contributed by atoms with Crippen LogP contribution in [0.15, 0.2) is 90.1 Å². The predicted octanol–water partition coefficient (Wildman–Crippen LogP) is 7.78. The van der Waals surface area contributed by atoms with Gasteiger partial charge in [-0.1, -0.05) is 26.0 Å². The highest BCUT2D eigenvalue weighted by Crippen LogP contribution is 2.39. The van der Waals surface area contributed by atoms with Crippen LogP contribution in [0, 0.1) is 17.0 Å². The summed E-state index contributed by atoms with van der Waals surface area (Å²) in [6, 6.07) is 17.5. The number of benzene rings is 2. The van der Waals surface area contributed by atoms with E-state index >= 15 is 4.39 Å². The van der Waals surface area contributed by atoms with E-state index in [1.54, 1.807) is 24.5 Å². The van der Waals surface area contributed by atoms with Crippen LogP contribution in [0.1, 0.15) is 40.9 Å². The molecule has 0 N–H and O–H groups in total. The van der Waals surface area contributed by atoms with Crippen LogP contribution in [-0.4, -0.2) is 44.9 Å². The number of rotatable bonds is 9. The third-order valence-corrected chi connectivity index (χ3v) is 10.1. The first kappa shape index (κ1) is 32.0. The van der Waals surface area contributed by atoms with Gasteiger partial charge in [0.15, 0.2) is 17.3 Å². The zero-order valence-electron chi connectivity index (χ0n) is 27.4. The summed E-state index contributed by atoms with van der Waals surface area (Å²) in [5.41, 5.74) is 3.88. The number of hydrogen-bond acceptors (Lipinski definition) is 8. The molecule has 50 heavy (non-hydrogen) atoms. The lowest BCUT2D eigenvalue weighted by Gasteiger charge is -2.45. The fourth-order valence-corrected chi connectivity index (χ4v) is 7.79. The molecule has 0 bridgehead atoms. The molecule has 0 spiro atoms. The molecule has 0 radical (unpaired) electrons. The van der Waals surface area contributed by atoms with E-state index in [-0.39, 0.29) is 23.5 Å². The van der Waals surface area contributed by atoms with Gasteiger partial charge in [-0.05, 0) is 65.1 Å². The molecular weight excluding hydrogens is 659 g/mol. The van der Waals surface area contributed by atoms with Crippen LogP contribution in [0.2, 0.25) is 0 Å². The van der Waals surface area contributed by atoms with Crippen molar-refractivity contribution < 1.29 is 23.0 Å². The summed E-state index contributed by atoms with van der Waals surface area (Å²) < 4.78 is 42.9. The average Bonchev–Trinajstić information content (AvgIpc) is 3.73. The second-order valence-corrected chi connectivity index (χ2v) is 14.6. The Morgan fingerprint density at radius 1 is 0.980 bits per heavy atom. The van der Waals surface area contributed by atoms with Gasteiger partial charge in [0.1, 0.15) is 22.9 Å². The Labute approximate surface area is 290 Å². The summed E-state index contributed by atoms with van der Waals surface area (Å²) in [7, 11) is 0. The molecule has 8 nitrogen and oxygen atoms in total. The normalized spacial score (nSPS) is 15.0. The highest BCUT2D eigenvalue weighted by atomic mass is 32.1. The molecule has 0 unspecified atom stereocenters. The quantitative estimate of drug-likeness (QED) is 0.143. The molecule has 6 aromatic rings. The third-order valence-electron chi connectivity index (χ3n) is 8.98. The molecule has 11 heteroatoms. The maximum Gasteiger partial charge on any atom is 0.269 e. The molecular formula is C39H32F2N4O4S. The van der Waals surface area contributed by atoms with Crippen molar-refractivity contribution in [3.63, 3.8) is 0 Å². The van der Waals surface area contributed by atoms with Crippen molar-refractivity contribution >= 4 is 27.3 Å². The van der Waals surface area contributed by atoms with Gasteiger partial charge in [0.25, 0.3) is 5.56 Å². The van der Waals surface area contributed by atoms with Gasteiger partial charge in [-0.15, -0.1) is 11.3 Å². The van der Waals surface area contributed by atoms with Gasteiger partial charge in [-0.25, -0.2) is 8.78 Å². The molecule has 0 saturated carbocycles. The fourth-order valence-electron chi connectivity index (χ4n) is 6.75. The van der Waals surface area contributed by atoms with Crippen LogP contribution >= 0.6 is 11.3 Å². The van der Waals surface area contributed by atoms with Crippen molar-refractivity contribution in [3.8, 4) is 33.5 Å². The second-order valence-electron chi connectivity index (χ2n) is 13.6. The minimum Gasteiger partial charge on any atom is -0.492 e. The molecule has 2 aliphatic rings. The molecule has 0 atom stereocenters. The molecule has 1 fully saturated rings. The zero-order chi connectivity index (χ0) is 34.6. The minimum atomic E-state index is -0.654. The Bertz CT molecular complexity index is 2330. The molecule has 6 heterocycles. The first-order valence-electron chi connectivity index (χ1n) is 16.3. The van der Waals surface area contributed by atoms with Gasteiger partial charge in [0.05, 0.1) is 27.4 Å². The van der Waals surface area contributed by atoms with E-state index in [2.05, 4.69) is 29.8 Å². The van der Waals surface area contributed by atoms with Gasteiger partial charge < -0.3 is 9.47 Å². The van der Waals surface area contributed by atoms with E-state index in [1.807, 2.05) is 18.3 Å². The first-order chi connectivity index (χ1) is 24.1. The lowest BCUT2D eigenvalue weighted by molar-refractivity contribution is 0.0242. The van der Waals surface area contributed by atoms with Gasteiger partial charge in [0, 0.05) is 68.4 Å². The van der Waals surface area contributed by atoms with Crippen LogP contribution in [0.4, 0.5) is 8.78 Å². The van der Waals surface area contributed by atoms with Crippen LogP contribution in [0.25, 0.3) is 26.5 Å². The number of halogens is 2. The number of nitrogens with zero attached hydrogens (tertiary/aromatic N) is 4. The Morgan fingerprint density at radius 2 is 1.78 bits per heavy atom. The SMILES string of the molecule is CC1(C)CN(Cc2ccc(-c3cc4nccc(Oc5ccc(CC(=O)c6c7c(cn(-c8ccc(F)cc8)c6=O)CCO7)cc5F)c4s3)nc2)C1. The predicted molar refractivity (Wildman–Crippen MR) is 188 cm³/mol. The topological polar surface area (TPSA) is 86.6 Å². The Hall–Kier alpha value is -5.26. The van der Waals surface area contributed by atoms with Crippen LogP contribution in [-0.2, 0) is 19.4 Å². The van der Waals surface area contributed by atoms with Crippen molar-refractivity contribution in [2.75, 3.05) is 19.7 Å². The smallest absolute Gasteiger partial charge is 0.269 e. The largest absolute Gasteiger partial charge is 0.492 e. The summed E-state index contributed by atoms with van der Waals surface area (Å²) in [5.74, 6) is -0.917. The standard InChI is InChI=1S/C39H32F2N4O4S/c1-39(2)21-44(22-39)19-24-3-9-29(43-18-24)34-17-30-37(50-34)33(11-13-42-30)49-32-10-4-23(15-28(32)41)16-31(46)35-36-25(12-14-48-36)20-45(38(35)47)27-7-5-26(40)6-8-27/h3-11,13,15,17-18,20H,12,14,16,19,21-22H2,1-2H3. The van der Waals surface area contributed by atoms with Crippen molar-refractivity contribution in [1.29, 1.82) is 0 Å². The summed E-state index contributed by atoms with van der Waals surface area (Å²) in [6.45, 7) is 7.91. The lowest BCUT2D eigenvalue weighted by Crippen LogP contribution is -2.52. The Balaban J connectivity index is 1.00. The number of ether oxygens (including phenoxy) is 2. The number of likely N-dealkylation sites (tertiary alicyclic amines) is 1. The van der Waals surface area contributed by atoms with Gasteiger partial charge in [-0.3, -0.25) is 29.0 Å². The summed E-state index contributed by atoms with van der Waals surface area (Å²) in [4.78, 5) is 39.6. The van der Waals surface area contributed by atoms with Gasteiger partial charge in [0.2, 0.25) is 0 Å². The monoisotopic (exact) mass is 690 g/mol. The van der Waals surface area contributed by atoms with E-state index < -0.39 is 23.0 Å². The van der Waals surface area contributed by atoms with Crippen LogP contribution in [0.5, 0.6) is 17.2 Å². The van der Waals surface area contributed by atoms with Crippen molar-refractivity contribution in [1.82, 2.24) is 19.4 Å². The molecule has 0 aliphatic carbocycles. The van der Waals surface area contributed by atoms with Crippen molar-refractivity contribution in [2.24, 2.45) is 5.41 Å². The lowest BCUT2D eigenvalue weighted by atomic mass is 9.84. The molecule has 1 saturated heterocycles. The summed E-state index contributed by atoms with van der Waals surface area (Å²) >= 11 is 1.47. The van der Waals surface area contributed by atoms with Crippen molar-refractivity contribution in [2.45, 2.75) is 33.2 Å². The maximum atomic E-state index is 15.5. The second kappa shape index (κ2) is 12.6. The molecule has 2 aliphatic heterocycles. The molecule has 252 valence electrons. The molecule has 4 aromatic heterocycles. The fraction of sp³-hybridized carbons (Fsp3) is 0.231. The minimum absolute atomic E-state index is 0.0112. The van der Waals surface area contributed by atoms with E-state index in [0.717, 1.165) is 40.5 Å². The third kappa shape index (κ3) is 6.18. The molecule has 0 amide bonds. The summed E-state index contributed by atoms with van der Waals surface area (Å²) in [6.07, 6.45) is 5.44. The zero-order valence-corrected chi connectivity index (χ0v) is 28.2. The number of carbonyl (C=O) groups excluding carboxylic acids is 1. The van der Waals surface area contributed by atoms with E-state index in [4.69, 9.17) is 14.5 Å². The summed E-state index contributed by atoms with van der Waals surface area (Å²) in [5, 5.41) is 0. The number of hydrogen-bond donors (Lipinski definition) is 0. The maximum absolute atomic E-state index is 15.5. The first-order valence-corrected chi connectivity index (χ1v) is 17.1. The number of pyridine rings is 3. The number of carbonyl (C=O) groups is 1. The van der Waals surface area contributed by atoms with E-state index in [9.17, 15) is 14.0 Å². The Kier molecular flexibility index (Phi) is 8.04. The van der Waals surface area contributed by atoms with E-state index in [1.165, 1.54) is 52.3 Å². The highest BCUT2D eigenvalue weighted by Gasteiger charge is 2.33. The average molecular weight is 691 g/mol. The highest BCUT2D eigenvalue weighted by molar-refractivity contribution is 7.22. The van der Waals surface area contributed by atoms with Gasteiger partial charge in [-0.2, -0.15) is 0 Å². The molecule has 2 aromatic carbocycles. The van der Waals surface area contributed by atoms with Crippen LogP contribution in [0.3, 0.4) is 0 Å². The number of ketones is 1. The van der Waals surface area contributed by atoms with Gasteiger partial charge >= 0.3 is 0 Å². The number of thiophene rings is 1. The molecule has 8 rings (SSSR count). The number of aromatic nitrogens is 3. The number of Topliss-reactive ketones (excluding diaryl/α,β-unsaturated/α-hetero) is 1.